The first-order valence-corrected chi connectivity index (χ1v) is 16.0. The van der Waals surface area contributed by atoms with E-state index in [0.29, 0.717) is 40.3 Å². The fraction of sp³-hybridized carbons (Fsp3) is 0.481. The number of aryl methyl sites for hydroxylation is 1. The van der Waals surface area contributed by atoms with Crippen molar-refractivity contribution in [2.24, 2.45) is 11.8 Å². The molecular formula is C27H30ClN9O3S2. The number of anilines is 2. The molecule has 4 atom stereocenters. The number of nitrogen functional groups attached to an aromatic ring is 1. The zero-order chi connectivity index (χ0) is 29.0. The third-order valence-corrected chi connectivity index (χ3v) is 11.3. The van der Waals surface area contributed by atoms with Crippen molar-refractivity contribution in [2.75, 3.05) is 36.9 Å². The summed E-state index contributed by atoms with van der Waals surface area (Å²) in [4.78, 5) is 33.3. The van der Waals surface area contributed by atoms with E-state index in [2.05, 4.69) is 15.2 Å². The Bertz CT molecular complexity index is 1660. The lowest BCUT2D eigenvalue weighted by molar-refractivity contribution is -0.0376. The van der Waals surface area contributed by atoms with Gasteiger partial charge in [0.2, 0.25) is 0 Å². The van der Waals surface area contributed by atoms with Crippen LogP contribution in [0.15, 0.2) is 33.8 Å². The molecule has 0 bridgehead atoms. The third-order valence-electron chi connectivity index (χ3n) is 8.58. The van der Waals surface area contributed by atoms with Crippen LogP contribution in [0.1, 0.15) is 42.6 Å². The molecule has 0 aromatic carbocycles. The zero-order valence-electron chi connectivity index (χ0n) is 22.9. The summed E-state index contributed by atoms with van der Waals surface area (Å²) < 4.78 is 7.96. The highest BCUT2D eigenvalue weighted by molar-refractivity contribution is 7.99. The van der Waals surface area contributed by atoms with Gasteiger partial charge in [0.15, 0.2) is 16.9 Å². The van der Waals surface area contributed by atoms with Crippen LogP contribution in [0.25, 0.3) is 11.2 Å². The van der Waals surface area contributed by atoms with Crippen LogP contribution < -0.4 is 16.0 Å². The van der Waals surface area contributed by atoms with Crippen LogP contribution in [0.3, 0.4) is 0 Å². The Kier molecular flexibility index (Phi) is 7.11. The summed E-state index contributed by atoms with van der Waals surface area (Å²) >= 11 is 9.45. The molecule has 3 fully saturated rings. The second-order valence-electron chi connectivity index (χ2n) is 11.0. The van der Waals surface area contributed by atoms with Crippen molar-refractivity contribution in [3.05, 3.63) is 39.6 Å². The van der Waals surface area contributed by atoms with Crippen molar-refractivity contribution in [1.82, 2.24) is 35.0 Å². The Balaban J connectivity index is 1.21. The minimum atomic E-state index is -1.01. The monoisotopic (exact) mass is 627 g/mol. The van der Waals surface area contributed by atoms with Gasteiger partial charge in [-0.15, -0.1) is 11.3 Å². The highest BCUT2D eigenvalue weighted by Crippen LogP contribution is 2.63. The van der Waals surface area contributed by atoms with Gasteiger partial charge in [0.05, 0.1) is 11.2 Å². The fourth-order valence-electron chi connectivity index (χ4n) is 6.47. The van der Waals surface area contributed by atoms with E-state index in [0.717, 1.165) is 60.2 Å². The van der Waals surface area contributed by atoms with Crippen molar-refractivity contribution >= 4 is 63.6 Å². The number of rotatable bonds is 7. The second-order valence-corrected chi connectivity index (χ2v) is 13.3. The summed E-state index contributed by atoms with van der Waals surface area (Å²) in [6.45, 7) is 4.54. The van der Waals surface area contributed by atoms with Crippen LogP contribution in [0.4, 0.5) is 16.4 Å². The van der Waals surface area contributed by atoms with Gasteiger partial charge in [-0.05, 0) is 50.5 Å². The number of nitrogens with two attached hydrogens (primary N) is 1. The average molecular weight is 628 g/mol. The van der Waals surface area contributed by atoms with E-state index >= 15 is 0 Å². The largest absolute Gasteiger partial charge is 0.465 e. The number of carbonyl (C=O) groups is 1. The molecule has 12 nitrogen and oxygen atoms in total. The van der Waals surface area contributed by atoms with Crippen LogP contribution >= 0.6 is 34.7 Å². The number of ether oxygens (including phenoxy) is 1. The number of aromatic nitrogens is 6. The zero-order valence-corrected chi connectivity index (χ0v) is 25.3. The summed E-state index contributed by atoms with van der Waals surface area (Å²) in [5.41, 5.74) is 7.94. The lowest BCUT2D eigenvalue weighted by atomic mass is 10.0. The molecule has 0 radical (unpaired) electrons. The Hall–Kier alpha value is -3.20. The first kappa shape index (κ1) is 27.6. The van der Waals surface area contributed by atoms with Crippen molar-refractivity contribution < 1.29 is 14.6 Å². The molecule has 4 unspecified atom stereocenters. The fourth-order valence-corrected chi connectivity index (χ4v) is 8.72. The molecule has 0 spiro atoms. The molecule has 4 aromatic heterocycles. The molecule has 42 heavy (non-hydrogen) atoms. The smallest absolute Gasteiger partial charge is 0.404 e. The van der Waals surface area contributed by atoms with Crippen molar-refractivity contribution in [3.63, 3.8) is 0 Å². The van der Waals surface area contributed by atoms with Crippen LogP contribution in [0.2, 0.25) is 5.02 Å². The van der Waals surface area contributed by atoms with Gasteiger partial charge in [-0.1, -0.05) is 23.4 Å². The third kappa shape index (κ3) is 4.74. The van der Waals surface area contributed by atoms with Crippen molar-refractivity contribution in [2.45, 2.75) is 54.2 Å². The van der Waals surface area contributed by atoms with E-state index in [1.807, 2.05) is 23.1 Å². The molecule has 3 aliphatic rings. The normalized spacial score (nSPS) is 25.4. The van der Waals surface area contributed by atoms with E-state index < -0.39 is 6.09 Å². The predicted octanol–water partition coefficient (Wildman–Crippen LogP) is 4.73. The number of fused-ring (bicyclic) bond motifs is 2. The van der Waals surface area contributed by atoms with Gasteiger partial charge in [0.1, 0.15) is 22.2 Å². The molecule has 4 aromatic rings. The Morgan fingerprint density at radius 3 is 2.95 bits per heavy atom. The van der Waals surface area contributed by atoms with Gasteiger partial charge in [0.25, 0.3) is 0 Å². The molecule has 220 valence electrons. The van der Waals surface area contributed by atoms with Gasteiger partial charge >= 0.3 is 6.09 Å². The van der Waals surface area contributed by atoms with Gasteiger partial charge < -0.3 is 25.8 Å². The van der Waals surface area contributed by atoms with Gasteiger partial charge in [-0.2, -0.15) is 5.10 Å². The van der Waals surface area contributed by atoms with Gasteiger partial charge in [-0.3, -0.25) is 0 Å². The van der Waals surface area contributed by atoms with E-state index in [9.17, 15) is 9.90 Å². The van der Waals surface area contributed by atoms with Gasteiger partial charge in [-0.25, -0.2) is 29.4 Å². The number of thiazole rings is 1. The lowest BCUT2D eigenvalue weighted by Crippen LogP contribution is -2.35. The van der Waals surface area contributed by atoms with Crippen LogP contribution in [0.5, 0.6) is 0 Å². The number of amides is 1. The summed E-state index contributed by atoms with van der Waals surface area (Å²) in [5.74, 6) is 1.66. The van der Waals surface area contributed by atoms with E-state index in [1.54, 1.807) is 23.7 Å². The minimum absolute atomic E-state index is 0.227. The van der Waals surface area contributed by atoms with Crippen molar-refractivity contribution in [3.8, 4) is 0 Å². The quantitative estimate of drug-likeness (QED) is 0.260. The first-order chi connectivity index (χ1) is 20.3. The summed E-state index contributed by atoms with van der Waals surface area (Å²) in [7, 11) is 0. The topological polar surface area (TPSA) is 157 Å². The maximum absolute atomic E-state index is 11.4. The molecule has 2 saturated heterocycles. The van der Waals surface area contributed by atoms with Crippen LogP contribution in [-0.4, -0.2) is 67.2 Å². The molecule has 1 saturated carbocycles. The molecule has 6 heterocycles. The average Bonchev–Trinajstić information content (AvgIpc) is 3.22. The Labute approximate surface area is 255 Å². The summed E-state index contributed by atoms with van der Waals surface area (Å²) in [6, 6.07) is 1.81. The predicted molar refractivity (Wildman–Crippen MR) is 160 cm³/mol. The molecule has 7 rings (SSSR count). The molecule has 4 N–H and O–H groups in total. The van der Waals surface area contributed by atoms with E-state index in [1.165, 1.54) is 11.8 Å². The first-order valence-electron chi connectivity index (χ1n) is 13.9. The minimum Gasteiger partial charge on any atom is -0.465 e. The number of hydrogen-bond donors (Lipinski definition) is 3. The number of halogens is 1. The van der Waals surface area contributed by atoms with Crippen LogP contribution in [0, 0.1) is 18.8 Å². The standard InChI is InChI=1S/C27H30ClN9O3S2/c1-14-12-41-25(33-14)27(13-32-26(38)39)15-6-8-36(11-16(15)27)18-10-31-21-23(34-18)37(19-4-2-3-9-40-19)35-24(21)42-17-5-7-30-22(29)20(17)28/h5,7,10,12,15-16,19,32H,2-4,6,8-9,11,13H2,1H3,(H2,29,30)(H,38,39). The van der Waals surface area contributed by atoms with Crippen LogP contribution in [-0.2, 0) is 10.2 Å². The molecule has 1 amide bonds. The van der Waals surface area contributed by atoms with E-state index in [4.69, 9.17) is 42.1 Å². The highest BCUT2D eigenvalue weighted by atomic mass is 35.5. The van der Waals surface area contributed by atoms with Crippen molar-refractivity contribution in [1.29, 1.82) is 0 Å². The summed E-state index contributed by atoms with van der Waals surface area (Å²) in [6.07, 6.45) is 6.01. The summed E-state index contributed by atoms with van der Waals surface area (Å²) in [5, 5.41) is 21.1. The van der Waals surface area contributed by atoms with Gasteiger partial charge in [0, 0.05) is 53.8 Å². The number of carboxylic acid groups (broad SMARTS) is 1. The Morgan fingerprint density at radius 2 is 2.19 bits per heavy atom. The number of nitrogens with zero attached hydrogens (tertiary/aromatic N) is 7. The lowest BCUT2D eigenvalue weighted by Gasteiger charge is -2.27. The maximum Gasteiger partial charge on any atom is 0.404 e. The number of piperidine rings is 1. The maximum atomic E-state index is 11.4. The number of hydrogen-bond acceptors (Lipinski definition) is 11. The molecule has 2 aliphatic heterocycles. The Morgan fingerprint density at radius 1 is 1.31 bits per heavy atom. The number of nitrogens with one attached hydrogen (secondary N) is 1. The SMILES string of the molecule is Cc1csc(C2(CNC(=O)O)C3CCN(c4cnc5c(Sc6ccnc(N)c6Cl)nn(C6CCCCO6)c5n4)CC32)n1. The van der Waals surface area contributed by atoms with E-state index in [-0.39, 0.29) is 23.4 Å². The second kappa shape index (κ2) is 10.8. The number of pyridine rings is 1. The molecule has 1 aliphatic carbocycles. The molecule has 15 heteroatoms. The highest BCUT2D eigenvalue weighted by Gasteiger charge is 2.68. The molecular weight excluding hydrogens is 598 g/mol.